The van der Waals surface area contributed by atoms with Gasteiger partial charge in [-0.25, -0.2) is 13.8 Å². The van der Waals surface area contributed by atoms with Gasteiger partial charge in [0.25, 0.3) is 5.91 Å². The SMILES string of the molecule is O=Cc1cccc2c1CCCc1nc(NC(=O)c3c(F)cccc3F)sc1-2. The Morgan fingerprint density at radius 3 is 2.59 bits per heavy atom. The van der Waals surface area contributed by atoms with Crippen molar-refractivity contribution in [3.63, 3.8) is 0 Å². The molecule has 0 atom stereocenters. The number of amides is 1. The van der Waals surface area contributed by atoms with Crippen molar-refractivity contribution in [2.24, 2.45) is 0 Å². The molecular formula is C20H14F2N2O2S. The fourth-order valence-electron chi connectivity index (χ4n) is 3.30. The van der Waals surface area contributed by atoms with Crippen LogP contribution in [0, 0.1) is 11.6 Å². The topological polar surface area (TPSA) is 59.1 Å². The number of hydrogen-bond acceptors (Lipinski definition) is 4. The number of fused-ring (bicyclic) bond motifs is 3. The Kier molecular flexibility index (Phi) is 4.53. The summed E-state index contributed by atoms with van der Waals surface area (Å²) in [5.74, 6) is -2.73. The summed E-state index contributed by atoms with van der Waals surface area (Å²) in [5, 5.41) is 2.77. The normalized spacial score (nSPS) is 12.7. The summed E-state index contributed by atoms with van der Waals surface area (Å²) < 4.78 is 27.6. The van der Waals surface area contributed by atoms with Crippen LogP contribution < -0.4 is 5.32 Å². The molecule has 0 spiro atoms. The molecule has 136 valence electrons. The summed E-state index contributed by atoms with van der Waals surface area (Å²) in [5.41, 5.74) is 2.71. The van der Waals surface area contributed by atoms with Crippen LogP contribution in [0.4, 0.5) is 13.9 Å². The van der Waals surface area contributed by atoms with E-state index in [-0.39, 0.29) is 5.13 Å². The standard InChI is InChI=1S/C20H14F2N2O2S/c21-14-7-3-8-15(22)17(14)19(26)24-20-23-16-9-2-5-12-11(10-25)4-1-6-13(12)18(16)27-20/h1,3-4,6-8,10H,2,5,9H2,(H,23,24,26). The molecule has 1 aliphatic rings. The predicted molar refractivity (Wildman–Crippen MR) is 99.3 cm³/mol. The number of benzene rings is 2. The van der Waals surface area contributed by atoms with Crippen LogP contribution in [0.5, 0.6) is 0 Å². The highest BCUT2D eigenvalue weighted by Crippen LogP contribution is 2.39. The first kappa shape index (κ1) is 17.5. The molecule has 1 N–H and O–H groups in total. The van der Waals surface area contributed by atoms with Crippen molar-refractivity contribution in [3.05, 3.63) is 70.4 Å². The lowest BCUT2D eigenvalue weighted by atomic mass is 9.98. The highest BCUT2D eigenvalue weighted by atomic mass is 32.1. The highest BCUT2D eigenvalue weighted by molar-refractivity contribution is 7.19. The summed E-state index contributed by atoms with van der Waals surface area (Å²) >= 11 is 1.24. The van der Waals surface area contributed by atoms with E-state index in [1.807, 2.05) is 12.1 Å². The van der Waals surface area contributed by atoms with Gasteiger partial charge in [-0.15, -0.1) is 0 Å². The number of anilines is 1. The number of hydrogen-bond donors (Lipinski definition) is 1. The van der Waals surface area contributed by atoms with Crippen LogP contribution in [0.1, 0.15) is 38.4 Å². The fraction of sp³-hybridized carbons (Fsp3) is 0.150. The number of nitrogens with one attached hydrogen (secondary N) is 1. The average molecular weight is 384 g/mol. The van der Waals surface area contributed by atoms with Gasteiger partial charge in [0, 0.05) is 5.56 Å². The Hall–Kier alpha value is -2.93. The number of rotatable bonds is 3. The molecule has 1 heterocycles. The van der Waals surface area contributed by atoms with Crippen molar-refractivity contribution in [2.45, 2.75) is 19.3 Å². The molecule has 0 unspecified atom stereocenters. The molecule has 1 amide bonds. The Labute approximate surface area is 157 Å². The zero-order valence-corrected chi connectivity index (χ0v) is 14.9. The first-order valence-corrected chi connectivity index (χ1v) is 9.22. The maximum atomic E-state index is 13.8. The van der Waals surface area contributed by atoms with Gasteiger partial charge in [0.1, 0.15) is 23.5 Å². The molecular weight excluding hydrogens is 370 g/mol. The third-order valence-corrected chi connectivity index (χ3v) is 5.58. The molecule has 0 fully saturated rings. The summed E-state index contributed by atoms with van der Waals surface area (Å²) in [7, 11) is 0. The van der Waals surface area contributed by atoms with E-state index in [1.54, 1.807) is 6.07 Å². The second kappa shape index (κ2) is 7.00. The fourth-order valence-corrected chi connectivity index (χ4v) is 4.36. The van der Waals surface area contributed by atoms with Crippen molar-refractivity contribution < 1.29 is 18.4 Å². The Morgan fingerprint density at radius 2 is 1.85 bits per heavy atom. The van der Waals surface area contributed by atoms with Crippen LogP contribution in [0.2, 0.25) is 0 Å². The largest absolute Gasteiger partial charge is 0.298 e. The molecule has 3 aromatic rings. The first-order valence-electron chi connectivity index (χ1n) is 8.41. The van der Waals surface area contributed by atoms with Gasteiger partial charge in [-0.1, -0.05) is 35.6 Å². The van der Waals surface area contributed by atoms with Crippen LogP contribution in [-0.2, 0) is 12.8 Å². The van der Waals surface area contributed by atoms with Crippen molar-refractivity contribution in [3.8, 4) is 10.4 Å². The van der Waals surface area contributed by atoms with E-state index in [1.165, 1.54) is 17.4 Å². The van der Waals surface area contributed by atoms with Crippen molar-refractivity contribution in [1.29, 1.82) is 0 Å². The molecule has 0 saturated carbocycles. The van der Waals surface area contributed by atoms with Crippen LogP contribution in [0.15, 0.2) is 36.4 Å². The van der Waals surface area contributed by atoms with Crippen LogP contribution in [0.3, 0.4) is 0 Å². The molecule has 2 aromatic carbocycles. The minimum Gasteiger partial charge on any atom is -0.298 e. The van der Waals surface area contributed by atoms with E-state index >= 15 is 0 Å². The first-order chi connectivity index (χ1) is 13.1. The average Bonchev–Trinajstić information content (AvgIpc) is 2.95. The van der Waals surface area contributed by atoms with Gasteiger partial charge in [-0.3, -0.25) is 14.9 Å². The molecule has 1 aromatic heterocycles. The lowest BCUT2D eigenvalue weighted by molar-refractivity contribution is 0.101. The number of halogens is 2. The summed E-state index contributed by atoms with van der Waals surface area (Å²) in [4.78, 5) is 29.0. The summed E-state index contributed by atoms with van der Waals surface area (Å²) in [6, 6.07) is 8.78. The smallest absolute Gasteiger partial charge is 0.263 e. The van der Waals surface area contributed by atoms with Gasteiger partial charge in [-0.2, -0.15) is 0 Å². The zero-order chi connectivity index (χ0) is 19.0. The van der Waals surface area contributed by atoms with Gasteiger partial charge >= 0.3 is 0 Å². The minimum absolute atomic E-state index is 0.275. The molecule has 0 radical (unpaired) electrons. The second-order valence-corrected chi connectivity index (χ2v) is 7.19. The van der Waals surface area contributed by atoms with Crippen molar-refractivity contribution in [1.82, 2.24) is 4.98 Å². The molecule has 0 saturated heterocycles. The van der Waals surface area contributed by atoms with E-state index in [0.717, 1.165) is 53.0 Å². The maximum absolute atomic E-state index is 13.8. The summed E-state index contributed by atoms with van der Waals surface area (Å²) in [6.07, 6.45) is 3.14. The van der Waals surface area contributed by atoms with Gasteiger partial charge in [-0.05, 0) is 42.5 Å². The quantitative estimate of drug-likeness (QED) is 0.669. The third-order valence-electron chi connectivity index (χ3n) is 4.53. The predicted octanol–water partition coefficient (Wildman–Crippen LogP) is 4.64. The van der Waals surface area contributed by atoms with Crippen LogP contribution >= 0.6 is 11.3 Å². The lowest BCUT2D eigenvalue weighted by Crippen LogP contribution is -2.15. The van der Waals surface area contributed by atoms with E-state index < -0.39 is 23.1 Å². The Bertz CT molecular complexity index is 1040. The minimum atomic E-state index is -0.924. The monoisotopic (exact) mass is 384 g/mol. The maximum Gasteiger partial charge on any atom is 0.263 e. The molecule has 4 rings (SSSR count). The van der Waals surface area contributed by atoms with Crippen molar-refractivity contribution >= 4 is 28.7 Å². The molecule has 0 aliphatic heterocycles. The number of aldehydes is 1. The number of thiazole rings is 1. The molecule has 0 bridgehead atoms. The number of carbonyl (C=O) groups is 2. The van der Waals surface area contributed by atoms with E-state index in [9.17, 15) is 18.4 Å². The van der Waals surface area contributed by atoms with Gasteiger partial charge in [0.05, 0.1) is 10.6 Å². The van der Waals surface area contributed by atoms with Crippen molar-refractivity contribution in [2.75, 3.05) is 5.32 Å². The van der Waals surface area contributed by atoms with Gasteiger partial charge in [0.15, 0.2) is 5.13 Å². The number of aromatic nitrogens is 1. The second-order valence-electron chi connectivity index (χ2n) is 6.19. The van der Waals surface area contributed by atoms with E-state index in [0.29, 0.717) is 12.0 Å². The Morgan fingerprint density at radius 1 is 1.11 bits per heavy atom. The van der Waals surface area contributed by atoms with E-state index in [4.69, 9.17) is 0 Å². The third kappa shape index (κ3) is 3.14. The van der Waals surface area contributed by atoms with E-state index in [2.05, 4.69) is 10.3 Å². The number of carbonyl (C=O) groups excluding carboxylic acids is 2. The number of aryl methyl sites for hydroxylation is 1. The highest BCUT2D eigenvalue weighted by Gasteiger charge is 2.23. The number of nitrogens with zero attached hydrogens (tertiary/aromatic N) is 1. The zero-order valence-electron chi connectivity index (χ0n) is 14.1. The lowest BCUT2D eigenvalue weighted by Gasteiger charge is -2.07. The summed E-state index contributed by atoms with van der Waals surface area (Å²) in [6.45, 7) is 0. The van der Waals surface area contributed by atoms with Crippen LogP contribution in [0.25, 0.3) is 10.4 Å². The molecule has 27 heavy (non-hydrogen) atoms. The van der Waals surface area contributed by atoms with Gasteiger partial charge in [0.2, 0.25) is 0 Å². The molecule has 7 heteroatoms. The molecule has 1 aliphatic carbocycles. The molecule has 4 nitrogen and oxygen atoms in total. The Balaban J connectivity index is 1.71. The van der Waals surface area contributed by atoms with Gasteiger partial charge < -0.3 is 0 Å². The van der Waals surface area contributed by atoms with Crippen LogP contribution in [-0.4, -0.2) is 17.2 Å².